The number of alkyl carbamates (subject to hydrolysis) is 1. The van der Waals surface area contributed by atoms with Gasteiger partial charge in [0.1, 0.15) is 19.3 Å². The van der Waals surface area contributed by atoms with Gasteiger partial charge in [0, 0.05) is 32.9 Å². The summed E-state index contributed by atoms with van der Waals surface area (Å²) >= 11 is 0. The SMILES string of the molecule is CCCCCCCCCCCCCC(=O)OCC(CCNC(=O)OCCOCCOC)OC(=O)CCCCCCCCCCCCC. The molecule has 278 valence electrons. The van der Waals surface area contributed by atoms with Gasteiger partial charge in [-0.05, 0) is 12.8 Å². The number of carbonyl (C=O) groups is 3. The van der Waals surface area contributed by atoms with Crippen LogP contribution in [-0.4, -0.2) is 70.8 Å². The molecule has 1 unspecified atom stereocenters. The van der Waals surface area contributed by atoms with Crippen molar-refractivity contribution < 1.29 is 38.1 Å². The first-order valence-corrected chi connectivity index (χ1v) is 19.4. The summed E-state index contributed by atoms with van der Waals surface area (Å²) in [6.45, 7) is 6.04. The smallest absolute Gasteiger partial charge is 0.407 e. The fourth-order valence-corrected chi connectivity index (χ4v) is 5.37. The van der Waals surface area contributed by atoms with Crippen molar-refractivity contribution in [2.45, 2.75) is 180 Å². The molecular weight excluding hydrogens is 598 g/mol. The van der Waals surface area contributed by atoms with Crippen LogP contribution in [0.15, 0.2) is 0 Å². The third kappa shape index (κ3) is 35.3. The van der Waals surface area contributed by atoms with Crippen LogP contribution >= 0.6 is 0 Å². The normalized spacial score (nSPS) is 11.7. The first kappa shape index (κ1) is 45.1. The molecule has 0 fully saturated rings. The molecule has 0 radical (unpaired) electrons. The van der Waals surface area contributed by atoms with E-state index in [4.69, 9.17) is 23.7 Å². The van der Waals surface area contributed by atoms with E-state index < -0.39 is 12.2 Å². The minimum Gasteiger partial charge on any atom is -0.462 e. The lowest BCUT2D eigenvalue weighted by Gasteiger charge is -2.18. The minimum absolute atomic E-state index is 0.00900. The fraction of sp³-hybridized carbons (Fsp3) is 0.921. The quantitative estimate of drug-likeness (QED) is 0.0398. The van der Waals surface area contributed by atoms with E-state index in [1.165, 1.54) is 103 Å². The lowest BCUT2D eigenvalue weighted by Crippen LogP contribution is -2.32. The van der Waals surface area contributed by atoms with Gasteiger partial charge in [-0.25, -0.2) is 4.79 Å². The molecule has 1 N–H and O–H groups in total. The lowest BCUT2D eigenvalue weighted by molar-refractivity contribution is -0.159. The summed E-state index contributed by atoms with van der Waals surface area (Å²) in [7, 11) is 1.59. The number of hydrogen-bond donors (Lipinski definition) is 1. The zero-order chi connectivity index (χ0) is 34.5. The van der Waals surface area contributed by atoms with Crippen molar-refractivity contribution in [3.8, 4) is 0 Å². The highest BCUT2D eigenvalue weighted by atomic mass is 16.6. The van der Waals surface area contributed by atoms with E-state index in [1.807, 2.05) is 0 Å². The molecule has 0 saturated carbocycles. The van der Waals surface area contributed by atoms with Gasteiger partial charge in [-0.1, -0.05) is 142 Å². The number of amides is 1. The Morgan fingerprint density at radius 2 is 0.979 bits per heavy atom. The van der Waals surface area contributed by atoms with Crippen molar-refractivity contribution >= 4 is 18.0 Å². The van der Waals surface area contributed by atoms with Gasteiger partial charge in [0.15, 0.2) is 0 Å². The van der Waals surface area contributed by atoms with Crippen molar-refractivity contribution in [1.82, 2.24) is 5.32 Å². The Morgan fingerprint density at radius 3 is 1.47 bits per heavy atom. The number of esters is 2. The maximum Gasteiger partial charge on any atom is 0.407 e. The summed E-state index contributed by atoms with van der Waals surface area (Å²) < 4.78 is 26.5. The topological polar surface area (TPSA) is 109 Å². The minimum atomic E-state index is -0.617. The molecule has 0 spiro atoms. The molecule has 0 aliphatic carbocycles. The van der Waals surface area contributed by atoms with Gasteiger partial charge in [0.25, 0.3) is 0 Å². The van der Waals surface area contributed by atoms with Crippen LogP contribution in [0.1, 0.15) is 174 Å². The molecular formula is C38H73NO8. The number of unbranched alkanes of at least 4 members (excludes halogenated alkanes) is 20. The van der Waals surface area contributed by atoms with Crippen molar-refractivity contribution in [3.05, 3.63) is 0 Å². The standard InChI is InChI=1S/C38H73NO8/c1-4-6-8-10-12-14-16-18-20-22-24-26-36(40)46-34-35(28-29-39-38(42)45-33-32-44-31-30-43-3)47-37(41)27-25-23-21-19-17-15-13-11-9-7-5-2/h35H,4-34H2,1-3H3,(H,39,42). The van der Waals surface area contributed by atoms with E-state index in [2.05, 4.69) is 19.2 Å². The monoisotopic (exact) mass is 672 g/mol. The summed E-state index contributed by atoms with van der Waals surface area (Å²) in [6, 6.07) is 0. The van der Waals surface area contributed by atoms with E-state index in [9.17, 15) is 14.4 Å². The van der Waals surface area contributed by atoms with Gasteiger partial charge in [0.05, 0.1) is 19.8 Å². The van der Waals surface area contributed by atoms with Gasteiger partial charge < -0.3 is 29.0 Å². The summed E-state index contributed by atoms with van der Waals surface area (Å²) in [6.07, 6.45) is 26.6. The highest BCUT2D eigenvalue weighted by Crippen LogP contribution is 2.14. The van der Waals surface area contributed by atoms with Crippen LogP contribution in [0.2, 0.25) is 0 Å². The van der Waals surface area contributed by atoms with Crippen LogP contribution in [0.3, 0.4) is 0 Å². The van der Waals surface area contributed by atoms with Crippen molar-refractivity contribution in [3.63, 3.8) is 0 Å². The van der Waals surface area contributed by atoms with E-state index in [-0.39, 0.29) is 38.3 Å². The Morgan fingerprint density at radius 1 is 0.532 bits per heavy atom. The van der Waals surface area contributed by atoms with E-state index >= 15 is 0 Å². The molecule has 0 aliphatic rings. The van der Waals surface area contributed by atoms with Gasteiger partial charge >= 0.3 is 18.0 Å². The van der Waals surface area contributed by atoms with Gasteiger partial charge in [-0.15, -0.1) is 0 Å². The molecule has 0 aromatic heterocycles. The highest BCUT2D eigenvalue weighted by molar-refractivity contribution is 5.70. The van der Waals surface area contributed by atoms with E-state index in [0.717, 1.165) is 38.5 Å². The van der Waals surface area contributed by atoms with Crippen molar-refractivity contribution in [1.29, 1.82) is 0 Å². The lowest BCUT2D eigenvalue weighted by atomic mass is 10.1. The van der Waals surface area contributed by atoms with Crippen LogP contribution in [0.4, 0.5) is 4.79 Å². The Hall–Kier alpha value is -1.87. The van der Waals surface area contributed by atoms with Crippen molar-refractivity contribution in [2.24, 2.45) is 0 Å². The Labute approximate surface area is 288 Å². The molecule has 0 aromatic carbocycles. The second-order valence-electron chi connectivity index (χ2n) is 12.8. The molecule has 0 aromatic rings. The average molecular weight is 672 g/mol. The van der Waals surface area contributed by atoms with E-state index in [1.54, 1.807) is 7.11 Å². The zero-order valence-electron chi connectivity index (χ0n) is 30.8. The summed E-state index contributed by atoms with van der Waals surface area (Å²) in [5, 5.41) is 2.67. The number of carbonyl (C=O) groups excluding carboxylic acids is 3. The van der Waals surface area contributed by atoms with Crippen LogP contribution in [0.5, 0.6) is 0 Å². The number of hydrogen-bond acceptors (Lipinski definition) is 8. The molecule has 1 amide bonds. The van der Waals surface area contributed by atoms with Crippen LogP contribution < -0.4 is 5.32 Å². The molecule has 1 atom stereocenters. The number of methoxy groups -OCH3 is 1. The summed E-state index contributed by atoms with van der Waals surface area (Å²) in [5.74, 6) is -0.559. The molecule has 0 saturated heterocycles. The summed E-state index contributed by atoms with van der Waals surface area (Å²) in [5.41, 5.74) is 0. The fourth-order valence-electron chi connectivity index (χ4n) is 5.37. The maximum atomic E-state index is 12.6. The van der Waals surface area contributed by atoms with Crippen LogP contribution in [0.25, 0.3) is 0 Å². The predicted octanol–water partition coefficient (Wildman–Crippen LogP) is 9.62. The largest absolute Gasteiger partial charge is 0.462 e. The zero-order valence-corrected chi connectivity index (χ0v) is 30.8. The predicted molar refractivity (Wildman–Crippen MR) is 190 cm³/mol. The average Bonchev–Trinajstić information content (AvgIpc) is 3.06. The first-order chi connectivity index (χ1) is 23.0. The molecule has 0 aliphatic heterocycles. The second-order valence-corrected chi connectivity index (χ2v) is 12.8. The van der Waals surface area contributed by atoms with Crippen molar-refractivity contribution in [2.75, 3.05) is 46.7 Å². The number of ether oxygens (including phenoxy) is 5. The third-order valence-electron chi connectivity index (χ3n) is 8.33. The molecule has 0 rings (SSSR count). The second kappa shape index (κ2) is 37.0. The van der Waals surface area contributed by atoms with Gasteiger partial charge in [0.2, 0.25) is 0 Å². The number of nitrogens with one attached hydrogen (secondary N) is 1. The Kier molecular flexibility index (Phi) is 35.5. The van der Waals surface area contributed by atoms with Gasteiger partial charge in [-0.3, -0.25) is 9.59 Å². The van der Waals surface area contributed by atoms with Crippen LogP contribution in [0, 0.1) is 0 Å². The molecule has 0 bridgehead atoms. The molecule has 9 nitrogen and oxygen atoms in total. The van der Waals surface area contributed by atoms with Gasteiger partial charge in [-0.2, -0.15) is 0 Å². The maximum absolute atomic E-state index is 12.6. The first-order valence-electron chi connectivity index (χ1n) is 19.4. The van der Waals surface area contributed by atoms with E-state index in [0.29, 0.717) is 32.5 Å². The molecule has 47 heavy (non-hydrogen) atoms. The molecule has 0 heterocycles. The number of rotatable bonds is 36. The van der Waals surface area contributed by atoms with Crippen LogP contribution in [-0.2, 0) is 33.3 Å². The Balaban J connectivity index is 4.29. The molecule has 9 heteroatoms. The Bertz CT molecular complexity index is 705. The highest BCUT2D eigenvalue weighted by Gasteiger charge is 2.18. The summed E-state index contributed by atoms with van der Waals surface area (Å²) in [4.78, 5) is 37.0. The third-order valence-corrected chi connectivity index (χ3v) is 8.33.